The Morgan fingerprint density at radius 1 is 1.02 bits per heavy atom. The van der Waals surface area contributed by atoms with Gasteiger partial charge in [-0.25, -0.2) is 0 Å². The number of nitrogens with zero attached hydrogens (tertiary/aromatic N) is 2. The lowest BCUT2D eigenvalue weighted by Crippen LogP contribution is -2.57. The summed E-state index contributed by atoms with van der Waals surface area (Å²) < 4.78 is 40.4. The molecule has 9 nitrogen and oxygen atoms in total. The molecular weight excluding hydrogens is 611 g/mol. The van der Waals surface area contributed by atoms with Crippen molar-refractivity contribution in [3.8, 4) is 0 Å². The Labute approximate surface area is 258 Å². The second kappa shape index (κ2) is 12.0. The number of fused-ring (bicyclic) bond motifs is 2. The monoisotopic (exact) mass is 647 g/mol. The van der Waals surface area contributed by atoms with Crippen LogP contribution in [0.15, 0.2) is 48.5 Å². The Balaban J connectivity index is 1.35. The van der Waals surface area contributed by atoms with Gasteiger partial charge in [0.25, 0.3) is 5.91 Å². The molecule has 236 valence electrons. The SMILES string of the molecule is CC(C)(C)C(NC(=O)c1cc2cc(C(F)(F)P(=O)(O)O)ccc2s1)C(=O)N1CCC[C@H]1C(=O)N1CCCc2ccccc2C1. The van der Waals surface area contributed by atoms with Crippen LogP contribution in [0.4, 0.5) is 8.78 Å². The summed E-state index contributed by atoms with van der Waals surface area (Å²) in [6.45, 7) is 6.92. The summed E-state index contributed by atoms with van der Waals surface area (Å²) in [4.78, 5) is 63.0. The second-order valence-corrected chi connectivity index (χ2v) is 15.3. The van der Waals surface area contributed by atoms with Crippen LogP contribution in [0.3, 0.4) is 0 Å². The molecule has 1 unspecified atom stereocenters. The molecule has 3 heterocycles. The number of carbonyl (C=O) groups excluding carboxylic acids is 3. The molecule has 3 aromatic rings. The van der Waals surface area contributed by atoms with Gasteiger partial charge in [0, 0.05) is 29.9 Å². The Bertz CT molecular complexity index is 1650. The predicted octanol–water partition coefficient (Wildman–Crippen LogP) is 5.24. The summed E-state index contributed by atoms with van der Waals surface area (Å²) in [6, 6.07) is 11.0. The fourth-order valence-corrected chi connectivity index (χ4v) is 7.34. The average molecular weight is 648 g/mol. The molecule has 0 aliphatic carbocycles. The van der Waals surface area contributed by atoms with Crippen LogP contribution in [0, 0.1) is 5.41 Å². The van der Waals surface area contributed by atoms with Gasteiger partial charge in [-0.05, 0) is 65.8 Å². The average Bonchev–Trinajstić information content (AvgIpc) is 3.56. The highest BCUT2D eigenvalue weighted by Crippen LogP contribution is 2.59. The number of hydrogen-bond acceptors (Lipinski definition) is 5. The van der Waals surface area contributed by atoms with E-state index in [0.717, 1.165) is 41.9 Å². The molecule has 2 aliphatic rings. The minimum Gasteiger partial charge on any atom is -0.339 e. The van der Waals surface area contributed by atoms with Crippen LogP contribution in [0.1, 0.15) is 66.4 Å². The van der Waals surface area contributed by atoms with E-state index in [1.165, 1.54) is 17.7 Å². The fraction of sp³-hybridized carbons (Fsp3) is 0.452. The summed E-state index contributed by atoms with van der Waals surface area (Å²) >= 11 is 1.01. The van der Waals surface area contributed by atoms with E-state index >= 15 is 0 Å². The van der Waals surface area contributed by atoms with Gasteiger partial charge in [-0.1, -0.05) is 51.1 Å². The highest BCUT2D eigenvalue weighted by atomic mass is 32.1. The van der Waals surface area contributed by atoms with Crippen molar-refractivity contribution in [3.63, 3.8) is 0 Å². The van der Waals surface area contributed by atoms with Crippen LogP contribution in [-0.2, 0) is 32.8 Å². The van der Waals surface area contributed by atoms with Crippen molar-refractivity contribution in [2.75, 3.05) is 13.1 Å². The van der Waals surface area contributed by atoms with Gasteiger partial charge >= 0.3 is 13.3 Å². The number of benzene rings is 2. The first-order valence-electron chi connectivity index (χ1n) is 14.5. The third-order valence-electron chi connectivity index (χ3n) is 8.33. The highest BCUT2D eigenvalue weighted by molar-refractivity contribution is 7.52. The number of halogens is 2. The van der Waals surface area contributed by atoms with Gasteiger partial charge in [-0.2, -0.15) is 8.78 Å². The number of nitrogens with one attached hydrogen (secondary N) is 1. The molecule has 2 atom stereocenters. The Morgan fingerprint density at radius 3 is 2.41 bits per heavy atom. The lowest BCUT2D eigenvalue weighted by molar-refractivity contribution is -0.146. The van der Waals surface area contributed by atoms with E-state index in [2.05, 4.69) is 11.4 Å². The van der Waals surface area contributed by atoms with Crippen molar-refractivity contribution in [2.45, 2.75) is 70.7 Å². The molecule has 0 saturated carbocycles. The normalized spacial score (nSPS) is 18.6. The molecule has 1 saturated heterocycles. The van der Waals surface area contributed by atoms with Crippen molar-refractivity contribution in [3.05, 3.63) is 70.1 Å². The van der Waals surface area contributed by atoms with Crippen molar-refractivity contribution >= 4 is 46.7 Å². The van der Waals surface area contributed by atoms with Gasteiger partial charge in [-0.15, -0.1) is 11.3 Å². The maximum Gasteiger partial charge on any atom is 0.399 e. The Hall–Kier alpha value is -3.18. The number of aryl methyl sites for hydroxylation is 1. The lowest BCUT2D eigenvalue weighted by Gasteiger charge is -2.36. The topological polar surface area (TPSA) is 127 Å². The number of carbonyl (C=O) groups is 3. The van der Waals surface area contributed by atoms with Crippen LogP contribution in [0.2, 0.25) is 0 Å². The maximum absolute atomic E-state index is 14.3. The smallest absolute Gasteiger partial charge is 0.339 e. The van der Waals surface area contributed by atoms with Crippen LogP contribution in [0.25, 0.3) is 10.1 Å². The quantitative estimate of drug-likeness (QED) is 0.314. The Kier molecular flexibility index (Phi) is 8.76. The molecular formula is C31H36F2N3O6PS. The van der Waals surface area contributed by atoms with Gasteiger partial charge in [0.15, 0.2) is 0 Å². The van der Waals surface area contributed by atoms with Gasteiger partial charge in [0.2, 0.25) is 11.8 Å². The minimum atomic E-state index is -5.76. The second-order valence-electron chi connectivity index (χ2n) is 12.5. The molecule has 2 aromatic carbocycles. The molecule has 0 spiro atoms. The molecule has 0 bridgehead atoms. The fourth-order valence-electron chi connectivity index (χ4n) is 5.91. The van der Waals surface area contributed by atoms with Crippen molar-refractivity contribution in [1.29, 1.82) is 0 Å². The number of thiophene rings is 1. The summed E-state index contributed by atoms with van der Waals surface area (Å²) in [5, 5.41) is 3.04. The third-order valence-corrected chi connectivity index (χ3v) is 10.4. The van der Waals surface area contributed by atoms with Gasteiger partial charge < -0.3 is 24.9 Å². The molecule has 3 N–H and O–H groups in total. The zero-order valence-electron chi connectivity index (χ0n) is 24.8. The summed E-state index contributed by atoms with van der Waals surface area (Å²) in [7, 11) is -5.76. The first kappa shape index (κ1) is 32.2. The first-order chi connectivity index (χ1) is 20.6. The van der Waals surface area contributed by atoms with E-state index in [4.69, 9.17) is 9.79 Å². The standard InChI is InChI=1S/C31H36F2N3O6PS/c1-30(2,3)26(34-27(37)25-17-21-16-22(12-13-24(21)44-25)31(32,33)43(40,41)42)29(39)36-15-7-11-23(36)28(38)35-14-6-10-19-8-4-5-9-20(19)18-35/h4-5,8-9,12-13,16-17,23,26H,6-7,10-11,14-15,18H2,1-3H3,(H,34,37)(H2,40,41,42)/t23-,26?/m0/s1. The summed E-state index contributed by atoms with van der Waals surface area (Å²) in [5.41, 5.74) is -3.63. The molecule has 13 heteroatoms. The lowest BCUT2D eigenvalue weighted by atomic mass is 9.85. The van der Waals surface area contributed by atoms with Crippen molar-refractivity contribution in [1.82, 2.24) is 15.1 Å². The van der Waals surface area contributed by atoms with E-state index in [1.54, 1.807) is 4.90 Å². The Morgan fingerprint density at radius 2 is 1.73 bits per heavy atom. The number of alkyl halides is 2. The van der Waals surface area contributed by atoms with E-state index in [9.17, 15) is 27.7 Å². The maximum atomic E-state index is 14.3. The molecule has 3 amide bonds. The first-order valence-corrected chi connectivity index (χ1v) is 17.0. The highest BCUT2D eigenvalue weighted by Gasteiger charge is 2.50. The number of likely N-dealkylation sites (tertiary alicyclic amines) is 1. The van der Waals surface area contributed by atoms with Gasteiger partial charge in [0.05, 0.1) is 4.88 Å². The number of hydrogen-bond donors (Lipinski definition) is 3. The predicted molar refractivity (Wildman–Crippen MR) is 163 cm³/mol. The third kappa shape index (κ3) is 6.31. The van der Waals surface area contributed by atoms with Gasteiger partial charge in [0.1, 0.15) is 12.1 Å². The molecule has 1 fully saturated rings. The minimum absolute atomic E-state index is 0.0982. The van der Waals surface area contributed by atoms with E-state index in [-0.39, 0.29) is 22.1 Å². The summed E-state index contributed by atoms with van der Waals surface area (Å²) in [5.74, 6) is -1.05. The van der Waals surface area contributed by atoms with Crippen LogP contribution >= 0.6 is 18.9 Å². The van der Waals surface area contributed by atoms with Crippen LogP contribution in [-0.4, -0.2) is 62.5 Å². The number of amides is 3. The molecule has 44 heavy (non-hydrogen) atoms. The van der Waals surface area contributed by atoms with Crippen molar-refractivity contribution in [2.24, 2.45) is 5.41 Å². The van der Waals surface area contributed by atoms with Crippen LogP contribution < -0.4 is 5.32 Å². The van der Waals surface area contributed by atoms with E-state index in [0.29, 0.717) is 37.2 Å². The van der Waals surface area contributed by atoms with E-state index in [1.807, 2.05) is 43.9 Å². The summed E-state index contributed by atoms with van der Waals surface area (Å²) in [6.07, 6.45) is 2.91. The van der Waals surface area contributed by atoms with Crippen LogP contribution in [0.5, 0.6) is 0 Å². The number of rotatable bonds is 6. The largest absolute Gasteiger partial charge is 0.399 e. The van der Waals surface area contributed by atoms with Crippen molar-refractivity contribution < 1.29 is 37.5 Å². The van der Waals surface area contributed by atoms with Gasteiger partial charge in [-0.3, -0.25) is 18.9 Å². The molecule has 1 aromatic heterocycles. The zero-order chi connectivity index (χ0) is 32.0. The molecule has 2 aliphatic heterocycles. The molecule has 5 rings (SSSR count). The van der Waals surface area contributed by atoms with E-state index < -0.39 is 42.2 Å². The molecule has 0 radical (unpaired) electrons. The zero-order valence-corrected chi connectivity index (χ0v) is 26.5.